The maximum absolute atomic E-state index is 13.9. The molecule has 1 aliphatic rings. The molecule has 0 aromatic carbocycles. The maximum atomic E-state index is 13.9. The van der Waals surface area contributed by atoms with Crippen molar-refractivity contribution in [3.8, 4) is 0 Å². The summed E-state index contributed by atoms with van der Waals surface area (Å²) >= 11 is 5.73. The van der Waals surface area contributed by atoms with Crippen LogP contribution in [0.15, 0.2) is 36.8 Å². The predicted molar refractivity (Wildman–Crippen MR) is 80.9 cm³/mol. The molecule has 0 radical (unpaired) electrons. The van der Waals surface area contributed by atoms with E-state index in [1.54, 1.807) is 12.4 Å². The Labute approximate surface area is 128 Å². The van der Waals surface area contributed by atoms with Crippen molar-refractivity contribution in [2.75, 3.05) is 31.1 Å². The lowest BCUT2D eigenvalue weighted by molar-refractivity contribution is 0.248. The van der Waals surface area contributed by atoms with Crippen molar-refractivity contribution < 1.29 is 4.39 Å². The van der Waals surface area contributed by atoms with Crippen molar-refractivity contribution in [1.29, 1.82) is 0 Å². The first-order chi connectivity index (χ1) is 10.2. The fraction of sp³-hybridized carbons (Fsp3) is 0.333. The van der Waals surface area contributed by atoms with Gasteiger partial charge in [-0.3, -0.25) is 9.88 Å². The number of pyridine rings is 2. The molecule has 0 aliphatic carbocycles. The molecule has 3 heterocycles. The molecule has 0 spiro atoms. The van der Waals surface area contributed by atoms with E-state index in [9.17, 15) is 4.39 Å². The standard InChI is InChI=1S/C15H16ClFN4/c16-13-9-14(17)15(19-10-13)21-7-5-20(6-8-21)11-12-1-3-18-4-2-12/h1-4,9-10H,5-8,11H2. The van der Waals surface area contributed by atoms with Crippen LogP contribution in [0.3, 0.4) is 0 Å². The molecule has 21 heavy (non-hydrogen) atoms. The summed E-state index contributed by atoms with van der Waals surface area (Å²) < 4.78 is 13.9. The van der Waals surface area contributed by atoms with Gasteiger partial charge in [0.25, 0.3) is 0 Å². The molecule has 1 fully saturated rings. The van der Waals surface area contributed by atoms with Gasteiger partial charge in [-0.15, -0.1) is 0 Å². The molecule has 110 valence electrons. The molecule has 1 saturated heterocycles. The molecule has 3 rings (SSSR count). The van der Waals surface area contributed by atoms with E-state index in [-0.39, 0.29) is 5.82 Å². The Morgan fingerprint density at radius 1 is 1.14 bits per heavy atom. The fourth-order valence-electron chi connectivity index (χ4n) is 2.50. The van der Waals surface area contributed by atoms with Gasteiger partial charge in [-0.2, -0.15) is 0 Å². The molecule has 4 nitrogen and oxygen atoms in total. The van der Waals surface area contributed by atoms with Crippen molar-refractivity contribution in [1.82, 2.24) is 14.9 Å². The highest BCUT2D eigenvalue weighted by molar-refractivity contribution is 6.30. The van der Waals surface area contributed by atoms with Crippen molar-refractivity contribution >= 4 is 17.4 Å². The number of rotatable bonds is 3. The number of nitrogens with zero attached hydrogens (tertiary/aromatic N) is 4. The molecular weight excluding hydrogens is 291 g/mol. The van der Waals surface area contributed by atoms with Gasteiger partial charge in [-0.05, 0) is 23.8 Å². The SMILES string of the molecule is Fc1cc(Cl)cnc1N1CCN(Cc2ccncc2)CC1. The quantitative estimate of drug-likeness (QED) is 0.872. The van der Waals surface area contributed by atoms with Crippen LogP contribution in [0.4, 0.5) is 10.2 Å². The van der Waals surface area contributed by atoms with Crippen LogP contribution in [0.2, 0.25) is 5.02 Å². The van der Waals surface area contributed by atoms with Gasteiger partial charge >= 0.3 is 0 Å². The normalized spacial score (nSPS) is 16.2. The third-order valence-corrected chi connectivity index (χ3v) is 3.82. The number of piperazine rings is 1. The molecule has 0 bridgehead atoms. The van der Waals surface area contributed by atoms with Gasteiger partial charge < -0.3 is 4.90 Å². The molecule has 0 N–H and O–H groups in total. The molecule has 6 heteroatoms. The molecule has 2 aromatic rings. The summed E-state index contributed by atoms with van der Waals surface area (Å²) in [7, 11) is 0. The molecule has 0 unspecified atom stereocenters. The average molecular weight is 307 g/mol. The van der Waals surface area contributed by atoms with E-state index in [1.165, 1.54) is 17.8 Å². The summed E-state index contributed by atoms with van der Waals surface area (Å²) in [6.45, 7) is 4.18. The van der Waals surface area contributed by atoms with Gasteiger partial charge in [-0.25, -0.2) is 9.37 Å². The monoisotopic (exact) mass is 306 g/mol. The molecule has 1 aliphatic heterocycles. The van der Waals surface area contributed by atoms with Gasteiger partial charge in [0, 0.05) is 51.3 Å². The van der Waals surface area contributed by atoms with Crippen LogP contribution in [0, 0.1) is 5.82 Å². The lowest BCUT2D eigenvalue weighted by Gasteiger charge is -2.35. The van der Waals surface area contributed by atoms with E-state index in [4.69, 9.17) is 11.6 Å². The van der Waals surface area contributed by atoms with E-state index in [0.29, 0.717) is 10.8 Å². The largest absolute Gasteiger partial charge is 0.352 e. The fourth-order valence-corrected chi connectivity index (χ4v) is 2.65. The van der Waals surface area contributed by atoms with E-state index in [2.05, 4.69) is 14.9 Å². The second kappa shape index (κ2) is 6.37. The van der Waals surface area contributed by atoms with Gasteiger partial charge in [0.2, 0.25) is 0 Å². The minimum Gasteiger partial charge on any atom is -0.352 e. The number of hydrogen-bond acceptors (Lipinski definition) is 4. The van der Waals surface area contributed by atoms with Gasteiger partial charge in [0.1, 0.15) is 0 Å². The zero-order valence-electron chi connectivity index (χ0n) is 11.5. The Morgan fingerprint density at radius 2 is 1.86 bits per heavy atom. The third-order valence-electron chi connectivity index (χ3n) is 3.62. The van der Waals surface area contributed by atoms with Crippen LogP contribution in [-0.2, 0) is 6.54 Å². The van der Waals surface area contributed by atoms with Crippen molar-refractivity contribution in [3.05, 3.63) is 53.2 Å². The summed E-state index contributed by atoms with van der Waals surface area (Å²) in [6, 6.07) is 5.35. The first kappa shape index (κ1) is 14.2. The van der Waals surface area contributed by atoms with Crippen molar-refractivity contribution in [2.45, 2.75) is 6.54 Å². The summed E-state index contributed by atoms with van der Waals surface area (Å²) in [4.78, 5) is 12.4. The lowest BCUT2D eigenvalue weighted by atomic mass is 10.2. The average Bonchev–Trinajstić information content (AvgIpc) is 2.49. The minimum absolute atomic E-state index is 0.326. The Balaban J connectivity index is 1.60. The zero-order chi connectivity index (χ0) is 14.7. The van der Waals surface area contributed by atoms with E-state index < -0.39 is 0 Å². The van der Waals surface area contributed by atoms with Gasteiger partial charge in [-0.1, -0.05) is 11.6 Å². The lowest BCUT2D eigenvalue weighted by Crippen LogP contribution is -2.46. The number of halogens is 2. The topological polar surface area (TPSA) is 32.3 Å². The molecular formula is C15H16ClFN4. The van der Waals surface area contributed by atoms with Crippen LogP contribution in [0.5, 0.6) is 0 Å². The molecule has 0 atom stereocenters. The van der Waals surface area contributed by atoms with E-state index in [1.807, 2.05) is 17.0 Å². The van der Waals surface area contributed by atoms with Crippen LogP contribution in [0.25, 0.3) is 0 Å². The highest BCUT2D eigenvalue weighted by atomic mass is 35.5. The second-order valence-electron chi connectivity index (χ2n) is 5.08. The highest BCUT2D eigenvalue weighted by Gasteiger charge is 2.20. The molecule has 0 saturated carbocycles. The van der Waals surface area contributed by atoms with Crippen molar-refractivity contribution in [2.24, 2.45) is 0 Å². The number of aromatic nitrogens is 2. The van der Waals surface area contributed by atoms with Crippen LogP contribution < -0.4 is 4.90 Å². The Bertz CT molecular complexity index is 600. The summed E-state index contributed by atoms with van der Waals surface area (Å²) in [6.07, 6.45) is 5.10. The van der Waals surface area contributed by atoms with Crippen LogP contribution in [-0.4, -0.2) is 41.0 Å². The van der Waals surface area contributed by atoms with Crippen LogP contribution in [0.1, 0.15) is 5.56 Å². The summed E-state index contributed by atoms with van der Waals surface area (Å²) in [5.41, 5.74) is 1.24. The Hall–Kier alpha value is -1.72. The number of hydrogen-bond donors (Lipinski definition) is 0. The minimum atomic E-state index is -0.356. The summed E-state index contributed by atoms with van der Waals surface area (Å²) in [5, 5.41) is 0.326. The molecule has 0 amide bonds. The third kappa shape index (κ3) is 3.49. The van der Waals surface area contributed by atoms with Crippen LogP contribution >= 0.6 is 11.6 Å². The smallest absolute Gasteiger partial charge is 0.167 e. The van der Waals surface area contributed by atoms with E-state index >= 15 is 0 Å². The van der Waals surface area contributed by atoms with Gasteiger partial charge in [0.15, 0.2) is 11.6 Å². The Kier molecular flexibility index (Phi) is 4.31. The predicted octanol–water partition coefficient (Wildman–Crippen LogP) is 2.59. The highest BCUT2D eigenvalue weighted by Crippen LogP contribution is 2.21. The summed E-state index contributed by atoms with van der Waals surface area (Å²) in [5.74, 6) is 0.0352. The van der Waals surface area contributed by atoms with E-state index in [0.717, 1.165) is 32.7 Å². The first-order valence-electron chi connectivity index (χ1n) is 6.89. The maximum Gasteiger partial charge on any atom is 0.167 e. The van der Waals surface area contributed by atoms with Crippen molar-refractivity contribution in [3.63, 3.8) is 0 Å². The second-order valence-corrected chi connectivity index (χ2v) is 5.51. The molecule has 2 aromatic heterocycles. The first-order valence-corrected chi connectivity index (χ1v) is 7.27. The Morgan fingerprint density at radius 3 is 2.52 bits per heavy atom. The zero-order valence-corrected chi connectivity index (χ0v) is 12.3. The van der Waals surface area contributed by atoms with Gasteiger partial charge in [0.05, 0.1) is 5.02 Å². The number of anilines is 1.